The van der Waals surface area contributed by atoms with Crippen molar-refractivity contribution in [3.63, 3.8) is 0 Å². The molecule has 6 nitrogen and oxygen atoms in total. The molecule has 29 heavy (non-hydrogen) atoms. The van der Waals surface area contributed by atoms with Crippen molar-refractivity contribution in [3.05, 3.63) is 83.1 Å². The molecule has 2 N–H and O–H groups in total. The average Bonchev–Trinajstić information content (AvgIpc) is 3.21. The van der Waals surface area contributed by atoms with Crippen molar-refractivity contribution in [1.82, 2.24) is 15.1 Å². The molecule has 150 valence electrons. The Bertz CT molecular complexity index is 946. The number of nitrogens with one attached hydrogen (secondary N) is 2. The number of thioether (sulfide) groups is 1. The van der Waals surface area contributed by atoms with Crippen molar-refractivity contribution in [1.29, 1.82) is 0 Å². The van der Waals surface area contributed by atoms with Crippen LogP contribution in [0.3, 0.4) is 0 Å². The van der Waals surface area contributed by atoms with Crippen molar-refractivity contribution >= 4 is 40.9 Å². The number of benzene rings is 2. The number of amides is 2. The first-order valence-electron chi connectivity index (χ1n) is 9.03. The van der Waals surface area contributed by atoms with Crippen LogP contribution < -0.4 is 10.6 Å². The van der Waals surface area contributed by atoms with E-state index < -0.39 is 0 Å². The number of aromatic nitrogens is 2. The molecular weight excluding hydrogens is 408 g/mol. The summed E-state index contributed by atoms with van der Waals surface area (Å²) >= 11 is 7.42. The molecule has 0 aliphatic heterocycles. The standard InChI is InChI=1S/C21H21ClN4O2S/c22-18-7-5-16(6-8-18)14-29-15-21(28)23-12-17-3-1-4-19(11-17)25-20(27)13-26-10-2-9-24-26/h1-11H,12-15H2,(H,23,28)(H,25,27). The largest absolute Gasteiger partial charge is 0.351 e. The molecule has 0 saturated heterocycles. The lowest BCUT2D eigenvalue weighted by Crippen LogP contribution is -2.24. The van der Waals surface area contributed by atoms with Crippen molar-refractivity contribution in [2.75, 3.05) is 11.1 Å². The van der Waals surface area contributed by atoms with Crippen LogP contribution in [0, 0.1) is 0 Å². The van der Waals surface area contributed by atoms with Crippen LogP contribution in [0.2, 0.25) is 5.02 Å². The summed E-state index contributed by atoms with van der Waals surface area (Å²) in [6.07, 6.45) is 3.36. The molecular formula is C21H21ClN4O2S. The fourth-order valence-electron chi connectivity index (χ4n) is 2.59. The highest BCUT2D eigenvalue weighted by atomic mass is 35.5. The first-order valence-corrected chi connectivity index (χ1v) is 10.6. The number of rotatable bonds is 9. The van der Waals surface area contributed by atoms with Gasteiger partial charge in [0.1, 0.15) is 6.54 Å². The fourth-order valence-corrected chi connectivity index (χ4v) is 3.54. The summed E-state index contributed by atoms with van der Waals surface area (Å²) in [6.45, 7) is 0.558. The minimum Gasteiger partial charge on any atom is -0.351 e. The molecule has 0 bridgehead atoms. The molecule has 0 spiro atoms. The van der Waals surface area contributed by atoms with E-state index in [1.165, 1.54) is 0 Å². The van der Waals surface area contributed by atoms with Gasteiger partial charge in [-0.25, -0.2) is 0 Å². The van der Waals surface area contributed by atoms with Gasteiger partial charge in [0.15, 0.2) is 0 Å². The second-order valence-corrected chi connectivity index (χ2v) is 7.77. The zero-order valence-corrected chi connectivity index (χ0v) is 17.2. The van der Waals surface area contributed by atoms with Crippen LogP contribution in [-0.2, 0) is 28.4 Å². The SMILES string of the molecule is O=C(CSCc1ccc(Cl)cc1)NCc1cccc(NC(=O)Cn2cccn2)c1. The third-order valence-electron chi connectivity index (χ3n) is 3.98. The van der Waals surface area contributed by atoms with Gasteiger partial charge in [-0.3, -0.25) is 14.3 Å². The van der Waals surface area contributed by atoms with Crippen LogP contribution in [0.25, 0.3) is 0 Å². The number of hydrogen-bond donors (Lipinski definition) is 2. The molecule has 8 heteroatoms. The monoisotopic (exact) mass is 428 g/mol. The van der Waals surface area contributed by atoms with Crippen LogP contribution in [0.1, 0.15) is 11.1 Å². The third-order valence-corrected chi connectivity index (χ3v) is 5.24. The maximum atomic E-state index is 12.1. The van der Waals surface area contributed by atoms with Gasteiger partial charge in [-0.05, 0) is 41.5 Å². The maximum absolute atomic E-state index is 12.1. The minimum absolute atomic E-state index is 0.0305. The van der Waals surface area contributed by atoms with E-state index in [1.54, 1.807) is 34.9 Å². The van der Waals surface area contributed by atoms with Crippen molar-refractivity contribution in [2.24, 2.45) is 0 Å². The number of nitrogens with zero attached hydrogens (tertiary/aromatic N) is 2. The molecule has 0 fully saturated rings. The Kier molecular flexibility index (Phi) is 7.72. The Balaban J connectivity index is 1.40. The second kappa shape index (κ2) is 10.7. The van der Waals surface area contributed by atoms with Gasteiger partial charge in [0, 0.05) is 35.4 Å². The lowest BCUT2D eigenvalue weighted by molar-refractivity contribution is -0.119. The minimum atomic E-state index is -0.159. The molecule has 0 radical (unpaired) electrons. The van der Waals surface area contributed by atoms with Crippen molar-refractivity contribution < 1.29 is 9.59 Å². The lowest BCUT2D eigenvalue weighted by Gasteiger charge is -2.09. The van der Waals surface area contributed by atoms with E-state index in [-0.39, 0.29) is 18.4 Å². The summed E-state index contributed by atoms with van der Waals surface area (Å²) in [5.41, 5.74) is 2.73. The molecule has 0 aliphatic carbocycles. The van der Waals surface area contributed by atoms with E-state index in [0.717, 1.165) is 16.9 Å². The van der Waals surface area contributed by atoms with Gasteiger partial charge in [0.05, 0.1) is 5.75 Å². The first-order chi connectivity index (χ1) is 14.1. The second-order valence-electron chi connectivity index (χ2n) is 6.35. The van der Waals surface area contributed by atoms with E-state index in [1.807, 2.05) is 48.5 Å². The van der Waals surface area contributed by atoms with Gasteiger partial charge < -0.3 is 10.6 Å². The molecule has 1 aromatic heterocycles. The summed E-state index contributed by atoms with van der Waals surface area (Å²) in [4.78, 5) is 24.1. The van der Waals surface area contributed by atoms with E-state index in [0.29, 0.717) is 23.0 Å². The number of carbonyl (C=O) groups is 2. The fraction of sp³-hybridized carbons (Fsp3) is 0.190. The van der Waals surface area contributed by atoms with E-state index in [9.17, 15) is 9.59 Å². The zero-order chi connectivity index (χ0) is 20.5. The molecule has 0 saturated carbocycles. The molecule has 2 aromatic carbocycles. The number of carbonyl (C=O) groups excluding carboxylic acids is 2. The van der Waals surface area contributed by atoms with Crippen LogP contribution in [0.15, 0.2) is 67.0 Å². The van der Waals surface area contributed by atoms with Gasteiger partial charge >= 0.3 is 0 Å². The molecule has 0 atom stereocenters. The van der Waals surface area contributed by atoms with Gasteiger partial charge in [-0.1, -0.05) is 35.9 Å². The lowest BCUT2D eigenvalue weighted by atomic mass is 10.2. The summed E-state index contributed by atoms with van der Waals surface area (Å²) in [5, 5.41) is 10.5. The van der Waals surface area contributed by atoms with Crippen LogP contribution >= 0.6 is 23.4 Å². The topological polar surface area (TPSA) is 76.0 Å². The Morgan fingerprint density at radius 2 is 1.86 bits per heavy atom. The smallest absolute Gasteiger partial charge is 0.246 e. The van der Waals surface area contributed by atoms with E-state index in [2.05, 4.69) is 15.7 Å². The van der Waals surface area contributed by atoms with E-state index in [4.69, 9.17) is 11.6 Å². The Hall–Kier alpha value is -2.77. The molecule has 1 heterocycles. The van der Waals surface area contributed by atoms with Crippen molar-refractivity contribution in [3.8, 4) is 0 Å². The highest BCUT2D eigenvalue weighted by Crippen LogP contribution is 2.15. The summed E-state index contributed by atoms with van der Waals surface area (Å²) < 4.78 is 1.56. The summed E-state index contributed by atoms with van der Waals surface area (Å²) in [6, 6.07) is 16.8. The predicted molar refractivity (Wildman–Crippen MR) is 117 cm³/mol. The number of anilines is 1. The normalized spacial score (nSPS) is 10.5. The van der Waals surface area contributed by atoms with Gasteiger partial charge in [-0.2, -0.15) is 5.10 Å². The molecule has 2 amide bonds. The molecule has 3 rings (SSSR count). The maximum Gasteiger partial charge on any atom is 0.246 e. The summed E-state index contributed by atoms with van der Waals surface area (Å²) in [7, 11) is 0. The van der Waals surface area contributed by atoms with Gasteiger partial charge in [-0.15, -0.1) is 11.8 Å². The first kappa shape index (κ1) is 21.0. The highest BCUT2D eigenvalue weighted by Gasteiger charge is 2.06. The zero-order valence-electron chi connectivity index (χ0n) is 15.7. The quantitative estimate of drug-likeness (QED) is 0.544. The summed E-state index contributed by atoms with van der Waals surface area (Å²) in [5.74, 6) is 0.941. The number of hydrogen-bond acceptors (Lipinski definition) is 4. The molecule has 3 aromatic rings. The van der Waals surface area contributed by atoms with Crippen molar-refractivity contribution in [2.45, 2.75) is 18.8 Å². The van der Waals surface area contributed by atoms with E-state index >= 15 is 0 Å². The van der Waals surface area contributed by atoms with Gasteiger partial charge in [0.25, 0.3) is 0 Å². The Morgan fingerprint density at radius 1 is 1.03 bits per heavy atom. The Labute approximate surface area is 178 Å². The highest BCUT2D eigenvalue weighted by molar-refractivity contribution is 7.99. The third kappa shape index (κ3) is 7.29. The molecule has 0 unspecified atom stereocenters. The molecule has 0 aliphatic rings. The number of halogens is 1. The van der Waals surface area contributed by atoms with Gasteiger partial charge in [0.2, 0.25) is 11.8 Å². The predicted octanol–water partition coefficient (Wildman–Crippen LogP) is 3.72. The van der Waals surface area contributed by atoms with Crippen LogP contribution in [0.4, 0.5) is 5.69 Å². The Morgan fingerprint density at radius 3 is 2.62 bits per heavy atom. The average molecular weight is 429 g/mol. The van der Waals surface area contributed by atoms with Crippen LogP contribution in [0.5, 0.6) is 0 Å². The van der Waals surface area contributed by atoms with Crippen LogP contribution in [-0.4, -0.2) is 27.3 Å².